The van der Waals surface area contributed by atoms with E-state index >= 15 is 0 Å². The molecule has 0 unspecified atom stereocenters. The summed E-state index contributed by atoms with van der Waals surface area (Å²) < 4.78 is 5.08. The summed E-state index contributed by atoms with van der Waals surface area (Å²) in [4.78, 5) is 22.1. The summed E-state index contributed by atoms with van der Waals surface area (Å²) in [5.41, 5.74) is 0.0897. The normalized spacial score (nSPS) is 10.3. The van der Waals surface area contributed by atoms with Gasteiger partial charge in [0, 0.05) is 27.7 Å². The zero-order chi connectivity index (χ0) is 16.3. The number of carbonyl (C=O) groups excluding carboxylic acids is 1. The van der Waals surface area contributed by atoms with Crippen molar-refractivity contribution in [2.75, 3.05) is 0 Å². The minimum Gasteiger partial charge on any atom is -0.457 e. The van der Waals surface area contributed by atoms with Crippen LogP contribution in [0.3, 0.4) is 0 Å². The van der Waals surface area contributed by atoms with Crippen molar-refractivity contribution in [3.8, 4) is 0 Å². The van der Waals surface area contributed by atoms with Crippen molar-refractivity contribution < 1.29 is 14.5 Å². The molecule has 0 N–H and O–H groups in total. The molecule has 0 fully saturated rings. The Morgan fingerprint density at radius 2 is 1.73 bits per heavy atom. The van der Waals surface area contributed by atoms with Crippen molar-refractivity contribution in [3.05, 3.63) is 72.7 Å². The lowest BCUT2D eigenvalue weighted by Crippen LogP contribution is -2.07. The van der Waals surface area contributed by atoms with E-state index in [2.05, 4.69) is 0 Å². The number of nitro benzene ring substituents is 1. The van der Waals surface area contributed by atoms with Crippen LogP contribution in [0.1, 0.15) is 15.9 Å². The zero-order valence-corrected chi connectivity index (χ0v) is 13.2. The number of nitro groups is 1. The van der Waals surface area contributed by atoms with Crippen LogP contribution in [0.2, 0.25) is 15.1 Å². The molecule has 0 aliphatic rings. The van der Waals surface area contributed by atoms with E-state index in [1.54, 1.807) is 18.2 Å². The Morgan fingerprint density at radius 3 is 2.32 bits per heavy atom. The Bertz CT molecular complexity index is 729. The van der Waals surface area contributed by atoms with Crippen LogP contribution in [0, 0.1) is 10.1 Å². The molecule has 0 aliphatic heterocycles. The first kappa shape index (κ1) is 16.5. The summed E-state index contributed by atoms with van der Waals surface area (Å²) in [6, 6.07) is 8.39. The Labute approximate surface area is 140 Å². The first-order valence-corrected chi connectivity index (χ1v) is 7.07. The van der Waals surface area contributed by atoms with E-state index in [9.17, 15) is 14.9 Å². The number of esters is 1. The van der Waals surface area contributed by atoms with E-state index in [0.717, 1.165) is 6.07 Å². The van der Waals surface area contributed by atoms with E-state index in [1.807, 2.05) is 0 Å². The zero-order valence-electron chi connectivity index (χ0n) is 10.9. The highest BCUT2D eigenvalue weighted by Crippen LogP contribution is 2.27. The maximum absolute atomic E-state index is 12.0. The van der Waals surface area contributed by atoms with Crippen LogP contribution in [-0.2, 0) is 11.3 Å². The molecule has 0 amide bonds. The largest absolute Gasteiger partial charge is 0.457 e. The molecule has 2 aromatic carbocycles. The van der Waals surface area contributed by atoms with Gasteiger partial charge in [0.15, 0.2) is 0 Å². The fraction of sp³-hybridized carbons (Fsp3) is 0.0714. The molecule has 0 saturated carbocycles. The number of hydrogen-bond acceptors (Lipinski definition) is 4. The van der Waals surface area contributed by atoms with E-state index in [0.29, 0.717) is 15.6 Å². The lowest BCUT2D eigenvalue weighted by Gasteiger charge is -2.09. The van der Waals surface area contributed by atoms with Gasteiger partial charge in [-0.1, -0.05) is 40.9 Å². The van der Waals surface area contributed by atoms with Crippen LogP contribution >= 0.6 is 34.8 Å². The molecule has 22 heavy (non-hydrogen) atoms. The highest BCUT2D eigenvalue weighted by Gasteiger charge is 2.18. The smallest absolute Gasteiger partial charge is 0.340 e. The van der Waals surface area contributed by atoms with Gasteiger partial charge in [-0.05, 0) is 18.2 Å². The molecule has 114 valence electrons. The number of rotatable bonds is 4. The second kappa shape index (κ2) is 6.96. The number of ether oxygens (including phenoxy) is 1. The van der Waals surface area contributed by atoms with Crippen LogP contribution < -0.4 is 0 Å². The number of hydrogen-bond donors (Lipinski definition) is 0. The molecule has 0 aromatic heterocycles. The highest BCUT2D eigenvalue weighted by molar-refractivity contribution is 6.36. The molecule has 5 nitrogen and oxygen atoms in total. The molecule has 2 rings (SSSR count). The summed E-state index contributed by atoms with van der Waals surface area (Å²) >= 11 is 17.8. The predicted octanol–water partition coefficient (Wildman–Crippen LogP) is 4.91. The van der Waals surface area contributed by atoms with Gasteiger partial charge in [0.1, 0.15) is 6.61 Å². The second-order valence-corrected chi connectivity index (χ2v) is 5.42. The van der Waals surface area contributed by atoms with Crippen molar-refractivity contribution in [2.24, 2.45) is 0 Å². The number of benzene rings is 2. The second-order valence-electron chi connectivity index (χ2n) is 4.20. The number of nitrogens with zero attached hydrogens (tertiary/aromatic N) is 1. The highest BCUT2D eigenvalue weighted by atomic mass is 35.5. The average molecular weight is 361 g/mol. The number of carbonyl (C=O) groups is 1. The van der Waals surface area contributed by atoms with Crippen molar-refractivity contribution in [1.82, 2.24) is 0 Å². The Balaban J connectivity index is 2.19. The van der Waals surface area contributed by atoms with Crippen molar-refractivity contribution in [1.29, 1.82) is 0 Å². The minimum absolute atomic E-state index is 0.0563. The molecule has 2 aromatic rings. The number of halogens is 3. The summed E-state index contributed by atoms with van der Waals surface area (Å²) in [7, 11) is 0. The number of non-ortho nitro benzene ring substituents is 1. The van der Waals surface area contributed by atoms with Crippen LogP contribution in [0.4, 0.5) is 5.69 Å². The van der Waals surface area contributed by atoms with Crippen molar-refractivity contribution in [2.45, 2.75) is 6.61 Å². The van der Waals surface area contributed by atoms with Gasteiger partial charge in [-0.25, -0.2) is 4.79 Å². The molecular formula is C14H8Cl3NO4. The van der Waals surface area contributed by atoms with Gasteiger partial charge in [0.05, 0.1) is 15.5 Å². The van der Waals surface area contributed by atoms with Gasteiger partial charge in [0.2, 0.25) is 0 Å². The Kier molecular flexibility index (Phi) is 5.24. The summed E-state index contributed by atoms with van der Waals surface area (Å²) in [6.07, 6.45) is 0. The van der Waals surface area contributed by atoms with Gasteiger partial charge < -0.3 is 4.74 Å². The fourth-order valence-corrected chi connectivity index (χ4v) is 2.37. The maximum Gasteiger partial charge on any atom is 0.340 e. The molecule has 0 spiro atoms. The Morgan fingerprint density at radius 1 is 1.09 bits per heavy atom. The molecule has 0 saturated heterocycles. The third-order valence-electron chi connectivity index (χ3n) is 2.79. The molecule has 0 bridgehead atoms. The van der Waals surface area contributed by atoms with Gasteiger partial charge in [-0.3, -0.25) is 10.1 Å². The Hall–Kier alpha value is -1.82. The fourth-order valence-electron chi connectivity index (χ4n) is 1.67. The first-order chi connectivity index (χ1) is 10.4. The van der Waals surface area contributed by atoms with Crippen LogP contribution in [0.25, 0.3) is 0 Å². The van der Waals surface area contributed by atoms with E-state index in [4.69, 9.17) is 39.5 Å². The minimum atomic E-state index is -0.801. The van der Waals surface area contributed by atoms with Crippen molar-refractivity contribution >= 4 is 46.5 Å². The molecule has 0 atom stereocenters. The predicted molar refractivity (Wildman–Crippen MR) is 83.7 cm³/mol. The van der Waals surface area contributed by atoms with Crippen LogP contribution in [0.5, 0.6) is 0 Å². The topological polar surface area (TPSA) is 69.4 Å². The van der Waals surface area contributed by atoms with Gasteiger partial charge >= 0.3 is 5.97 Å². The lowest BCUT2D eigenvalue weighted by molar-refractivity contribution is -0.384. The molecule has 0 aliphatic carbocycles. The first-order valence-electron chi connectivity index (χ1n) is 5.94. The summed E-state index contributed by atoms with van der Waals surface area (Å²) in [5.74, 6) is -0.801. The standard InChI is InChI=1S/C14H8Cl3NO4/c15-11-2-1-3-12(16)10(11)7-22-14(19)9-6-8(18(20)21)4-5-13(9)17/h1-6H,7H2. The average Bonchev–Trinajstić information content (AvgIpc) is 2.46. The van der Waals surface area contributed by atoms with Crippen LogP contribution in [-0.4, -0.2) is 10.9 Å². The molecule has 0 heterocycles. The third kappa shape index (κ3) is 3.68. The van der Waals surface area contributed by atoms with Gasteiger partial charge in [0.25, 0.3) is 5.69 Å². The lowest BCUT2D eigenvalue weighted by atomic mass is 10.2. The van der Waals surface area contributed by atoms with Gasteiger partial charge in [-0.2, -0.15) is 0 Å². The third-order valence-corrected chi connectivity index (χ3v) is 3.83. The molecular weight excluding hydrogens is 353 g/mol. The van der Waals surface area contributed by atoms with Gasteiger partial charge in [-0.15, -0.1) is 0 Å². The SMILES string of the molecule is O=C(OCc1c(Cl)cccc1Cl)c1cc([N+](=O)[O-])ccc1Cl. The maximum atomic E-state index is 12.0. The summed E-state index contributed by atoms with van der Waals surface area (Å²) in [6.45, 7) is -0.170. The van der Waals surface area contributed by atoms with E-state index in [-0.39, 0.29) is 22.9 Å². The van der Waals surface area contributed by atoms with Crippen molar-refractivity contribution in [3.63, 3.8) is 0 Å². The van der Waals surface area contributed by atoms with E-state index < -0.39 is 10.9 Å². The monoisotopic (exact) mass is 359 g/mol. The molecule has 0 radical (unpaired) electrons. The molecule has 8 heteroatoms. The summed E-state index contributed by atoms with van der Waals surface area (Å²) in [5, 5.41) is 11.5. The quantitative estimate of drug-likeness (QED) is 0.441. The van der Waals surface area contributed by atoms with E-state index in [1.165, 1.54) is 12.1 Å². The van der Waals surface area contributed by atoms with Crippen LogP contribution in [0.15, 0.2) is 36.4 Å².